The molecular weight excluding hydrogens is 166 g/mol. The maximum atomic E-state index is 11.8. The fraction of sp³-hybridized carbons (Fsp3) is 0.889. The minimum atomic E-state index is 0.191. The summed E-state index contributed by atoms with van der Waals surface area (Å²) in [6.45, 7) is 4.67. The highest BCUT2D eigenvalue weighted by Crippen LogP contribution is 2.23. The molecule has 2 bridgehead atoms. The van der Waals surface area contributed by atoms with Crippen LogP contribution in [0.2, 0.25) is 0 Å². The van der Waals surface area contributed by atoms with Crippen molar-refractivity contribution in [2.45, 2.75) is 25.4 Å². The lowest BCUT2D eigenvalue weighted by molar-refractivity contribution is 0.153. The summed E-state index contributed by atoms with van der Waals surface area (Å²) in [6.07, 6.45) is 1.14. The number of nitrogens with zero attached hydrogens (tertiary/aromatic N) is 2. The van der Waals surface area contributed by atoms with Gasteiger partial charge in [0.1, 0.15) is 0 Å². The average molecular weight is 183 g/mol. The number of hydrogen-bond acceptors (Lipinski definition) is 2. The van der Waals surface area contributed by atoms with Gasteiger partial charge < -0.3 is 15.1 Å². The van der Waals surface area contributed by atoms with Crippen LogP contribution in [0.3, 0.4) is 0 Å². The summed E-state index contributed by atoms with van der Waals surface area (Å²) >= 11 is 0. The summed E-state index contributed by atoms with van der Waals surface area (Å²) in [5.74, 6) is 0. The van der Waals surface area contributed by atoms with E-state index in [4.69, 9.17) is 0 Å². The standard InChI is InChI=1S/C9H17N3O/c1-3-11(2)9(13)12-6-7-4-8(12)5-10-7/h7-8,10H,3-6H2,1-2H3. The molecule has 1 N–H and O–H groups in total. The number of fused-ring (bicyclic) bond motifs is 2. The molecule has 2 atom stereocenters. The summed E-state index contributed by atoms with van der Waals surface area (Å²) in [4.78, 5) is 15.6. The Morgan fingerprint density at radius 2 is 2.46 bits per heavy atom. The van der Waals surface area contributed by atoms with Gasteiger partial charge in [0.2, 0.25) is 0 Å². The molecule has 0 aromatic carbocycles. The van der Waals surface area contributed by atoms with Gasteiger partial charge in [0.25, 0.3) is 0 Å². The second kappa shape index (κ2) is 3.18. The lowest BCUT2D eigenvalue weighted by atomic mass is 10.2. The molecule has 2 rings (SSSR count). The van der Waals surface area contributed by atoms with E-state index in [-0.39, 0.29) is 6.03 Å². The lowest BCUT2D eigenvalue weighted by Gasteiger charge is -2.31. The molecule has 2 heterocycles. The van der Waals surface area contributed by atoms with E-state index in [1.807, 2.05) is 18.9 Å². The molecule has 0 radical (unpaired) electrons. The Kier molecular flexibility index (Phi) is 2.15. The van der Waals surface area contributed by atoms with Crippen LogP contribution in [0.25, 0.3) is 0 Å². The van der Waals surface area contributed by atoms with Gasteiger partial charge in [0.15, 0.2) is 0 Å². The van der Waals surface area contributed by atoms with E-state index in [0.29, 0.717) is 12.1 Å². The quantitative estimate of drug-likeness (QED) is 0.626. The highest BCUT2D eigenvalue weighted by molar-refractivity contribution is 5.75. The molecule has 74 valence electrons. The summed E-state index contributed by atoms with van der Waals surface area (Å²) in [5.41, 5.74) is 0. The zero-order valence-electron chi connectivity index (χ0n) is 8.29. The Bertz CT molecular complexity index is 219. The number of carbonyl (C=O) groups excluding carboxylic acids is 1. The second-order valence-electron chi connectivity index (χ2n) is 3.94. The highest BCUT2D eigenvalue weighted by Gasteiger charge is 2.40. The molecular formula is C9H17N3O. The van der Waals surface area contributed by atoms with Crippen LogP contribution in [0, 0.1) is 0 Å². The van der Waals surface area contributed by atoms with E-state index in [2.05, 4.69) is 5.32 Å². The molecule has 2 amide bonds. The number of urea groups is 1. The van der Waals surface area contributed by atoms with Crippen LogP contribution >= 0.6 is 0 Å². The van der Waals surface area contributed by atoms with Crippen molar-refractivity contribution >= 4 is 6.03 Å². The molecule has 4 heteroatoms. The first-order valence-electron chi connectivity index (χ1n) is 4.97. The first-order chi connectivity index (χ1) is 6.22. The molecule has 13 heavy (non-hydrogen) atoms. The lowest BCUT2D eigenvalue weighted by Crippen LogP contribution is -2.50. The third-order valence-corrected chi connectivity index (χ3v) is 3.10. The fourth-order valence-corrected chi connectivity index (χ4v) is 2.15. The molecule has 0 saturated carbocycles. The van der Waals surface area contributed by atoms with Crippen molar-refractivity contribution in [3.05, 3.63) is 0 Å². The number of amides is 2. The maximum Gasteiger partial charge on any atom is 0.320 e. The van der Waals surface area contributed by atoms with Crippen LogP contribution in [0.5, 0.6) is 0 Å². The van der Waals surface area contributed by atoms with Gasteiger partial charge >= 0.3 is 6.03 Å². The Balaban J connectivity index is 1.98. The number of rotatable bonds is 1. The summed E-state index contributed by atoms with van der Waals surface area (Å²) in [6, 6.07) is 1.20. The molecule has 0 spiro atoms. The van der Waals surface area contributed by atoms with E-state index in [9.17, 15) is 4.79 Å². The molecule has 2 aliphatic rings. The average Bonchev–Trinajstić information content (AvgIpc) is 2.76. The zero-order valence-corrected chi connectivity index (χ0v) is 8.29. The molecule has 0 aromatic heterocycles. The normalized spacial score (nSPS) is 31.1. The van der Waals surface area contributed by atoms with E-state index in [1.54, 1.807) is 4.90 Å². The number of carbonyl (C=O) groups is 1. The maximum absolute atomic E-state index is 11.8. The summed E-state index contributed by atoms with van der Waals surface area (Å²) in [5, 5.41) is 3.39. The van der Waals surface area contributed by atoms with Gasteiger partial charge in [-0.15, -0.1) is 0 Å². The van der Waals surface area contributed by atoms with Gasteiger partial charge in [-0.05, 0) is 13.3 Å². The smallest absolute Gasteiger partial charge is 0.320 e. The van der Waals surface area contributed by atoms with E-state index in [1.165, 1.54) is 0 Å². The van der Waals surface area contributed by atoms with Crippen molar-refractivity contribution in [2.24, 2.45) is 0 Å². The van der Waals surface area contributed by atoms with Crippen LogP contribution < -0.4 is 5.32 Å². The molecule has 0 aromatic rings. The van der Waals surface area contributed by atoms with E-state index >= 15 is 0 Å². The number of nitrogens with one attached hydrogen (secondary N) is 1. The first-order valence-corrected chi connectivity index (χ1v) is 4.97. The van der Waals surface area contributed by atoms with E-state index < -0.39 is 0 Å². The summed E-state index contributed by atoms with van der Waals surface area (Å²) in [7, 11) is 1.86. The van der Waals surface area contributed by atoms with Gasteiger partial charge in [-0.25, -0.2) is 4.79 Å². The van der Waals surface area contributed by atoms with Crippen molar-refractivity contribution in [1.29, 1.82) is 0 Å². The van der Waals surface area contributed by atoms with E-state index in [0.717, 1.165) is 26.1 Å². The third kappa shape index (κ3) is 1.39. The third-order valence-electron chi connectivity index (χ3n) is 3.10. The Labute approximate surface area is 78.9 Å². The molecule has 2 saturated heterocycles. The van der Waals surface area contributed by atoms with Crippen molar-refractivity contribution in [2.75, 3.05) is 26.7 Å². The van der Waals surface area contributed by atoms with Crippen LogP contribution in [0.1, 0.15) is 13.3 Å². The monoisotopic (exact) mass is 183 g/mol. The van der Waals surface area contributed by atoms with Gasteiger partial charge in [-0.2, -0.15) is 0 Å². The van der Waals surface area contributed by atoms with Crippen LogP contribution in [-0.2, 0) is 0 Å². The first kappa shape index (κ1) is 8.81. The molecule has 2 unspecified atom stereocenters. The topological polar surface area (TPSA) is 35.6 Å². The highest BCUT2D eigenvalue weighted by atomic mass is 16.2. The Morgan fingerprint density at radius 1 is 1.69 bits per heavy atom. The Morgan fingerprint density at radius 3 is 2.92 bits per heavy atom. The molecule has 0 aliphatic carbocycles. The largest absolute Gasteiger partial charge is 0.328 e. The van der Waals surface area contributed by atoms with Crippen LogP contribution in [0.4, 0.5) is 4.79 Å². The molecule has 2 fully saturated rings. The van der Waals surface area contributed by atoms with Crippen molar-refractivity contribution < 1.29 is 4.79 Å². The number of likely N-dealkylation sites (tertiary alicyclic amines) is 1. The summed E-state index contributed by atoms with van der Waals surface area (Å²) < 4.78 is 0. The van der Waals surface area contributed by atoms with Gasteiger partial charge in [-0.3, -0.25) is 0 Å². The van der Waals surface area contributed by atoms with Crippen molar-refractivity contribution in [3.8, 4) is 0 Å². The van der Waals surface area contributed by atoms with Crippen LogP contribution in [-0.4, -0.2) is 54.6 Å². The number of hydrogen-bond donors (Lipinski definition) is 1. The SMILES string of the molecule is CCN(C)C(=O)N1CC2CC1CN2. The van der Waals surface area contributed by atoms with Crippen molar-refractivity contribution in [3.63, 3.8) is 0 Å². The minimum Gasteiger partial charge on any atom is -0.328 e. The zero-order chi connectivity index (χ0) is 9.42. The van der Waals surface area contributed by atoms with Crippen LogP contribution in [0.15, 0.2) is 0 Å². The fourth-order valence-electron chi connectivity index (χ4n) is 2.15. The second-order valence-corrected chi connectivity index (χ2v) is 3.94. The number of piperazine rings is 1. The predicted molar refractivity (Wildman–Crippen MR) is 50.6 cm³/mol. The minimum absolute atomic E-state index is 0.191. The Hall–Kier alpha value is -0.770. The molecule has 2 aliphatic heterocycles. The van der Waals surface area contributed by atoms with Gasteiger partial charge in [0.05, 0.1) is 0 Å². The van der Waals surface area contributed by atoms with Gasteiger partial charge in [0, 0.05) is 38.8 Å². The van der Waals surface area contributed by atoms with Gasteiger partial charge in [-0.1, -0.05) is 0 Å². The predicted octanol–water partition coefficient (Wildman–Crippen LogP) is 0.104. The molecule has 4 nitrogen and oxygen atoms in total. The van der Waals surface area contributed by atoms with Crippen molar-refractivity contribution in [1.82, 2.24) is 15.1 Å².